The normalized spacial score (nSPS) is 18.8. The largest absolute Gasteiger partial charge is 0.497 e. The summed E-state index contributed by atoms with van der Waals surface area (Å²) in [7, 11) is 1.64. The number of methoxy groups -OCH3 is 1. The standard InChI is InChI=1S/C30H30N4O3S/c1-18-5-8-21(9-6-18)25-16-26(22-10-13-24(37-4)14-11-22)34(33-25)30-32-29(36)27(38-30)17-28(35)31-23-12-7-19(2)20(3)15-23/h5-15,26-27H,16-17H2,1-4H3,(H,31,35)/t26-,27-/m0/s1. The number of nitrogens with zero attached hydrogens (tertiary/aromatic N) is 3. The molecule has 1 N–H and O–H groups in total. The number of hydrazone groups is 1. The fourth-order valence-corrected chi connectivity index (χ4v) is 5.56. The number of anilines is 1. The summed E-state index contributed by atoms with van der Waals surface area (Å²) in [6.07, 6.45) is 0.708. The van der Waals surface area contributed by atoms with Crippen LogP contribution in [0, 0.1) is 20.8 Å². The Hall–Kier alpha value is -3.91. The predicted octanol–water partition coefficient (Wildman–Crippen LogP) is 5.80. The summed E-state index contributed by atoms with van der Waals surface area (Å²) >= 11 is 1.30. The molecule has 3 aromatic carbocycles. The second-order valence-electron chi connectivity index (χ2n) is 9.64. The van der Waals surface area contributed by atoms with Gasteiger partial charge in [-0.25, -0.2) is 5.01 Å². The monoisotopic (exact) mass is 526 g/mol. The number of carbonyl (C=O) groups is 2. The first kappa shape index (κ1) is 25.7. The van der Waals surface area contributed by atoms with Crippen molar-refractivity contribution in [3.05, 3.63) is 94.5 Å². The molecule has 3 aromatic rings. The number of hydrogen-bond acceptors (Lipinski definition) is 6. The van der Waals surface area contributed by atoms with E-state index >= 15 is 0 Å². The number of carbonyl (C=O) groups excluding carboxylic acids is 2. The molecule has 7 nitrogen and oxygen atoms in total. The third kappa shape index (κ3) is 5.50. The Morgan fingerprint density at radius 3 is 2.45 bits per heavy atom. The molecule has 194 valence electrons. The highest BCUT2D eigenvalue weighted by molar-refractivity contribution is 8.15. The van der Waals surface area contributed by atoms with E-state index in [0.717, 1.165) is 39.4 Å². The van der Waals surface area contributed by atoms with Crippen molar-refractivity contribution in [1.29, 1.82) is 0 Å². The number of aryl methyl sites for hydroxylation is 3. The van der Waals surface area contributed by atoms with Crippen molar-refractivity contribution in [2.45, 2.75) is 44.9 Å². The number of hydrogen-bond donors (Lipinski definition) is 1. The summed E-state index contributed by atoms with van der Waals surface area (Å²) in [5.74, 6) is 0.246. The minimum absolute atomic E-state index is 0.0407. The molecule has 0 unspecified atom stereocenters. The van der Waals surface area contributed by atoms with Crippen LogP contribution in [0.3, 0.4) is 0 Å². The summed E-state index contributed by atoms with van der Waals surface area (Å²) in [4.78, 5) is 30.0. The fourth-order valence-electron chi connectivity index (χ4n) is 4.50. The van der Waals surface area contributed by atoms with Crippen LogP contribution in [0.5, 0.6) is 5.75 Å². The number of nitrogens with one attached hydrogen (secondary N) is 1. The maximum absolute atomic E-state index is 12.9. The molecular formula is C30H30N4O3S. The van der Waals surface area contributed by atoms with E-state index < -0.39 is 5.25 Å². The summed E-state index contributed by atoms with van der Waals surface area (Å²) in [5.41, 5.74) is 7.17. The Labute approximate surface area is 227 Å². The quantitative estimate of drug-likeness (QED) is 0.439. The van der Waals surface area contributed by atoms with Crippen molar-refractivity contribution >= 4 is 40.1 Å². The highest BCUT2D eigenvalue weighted by atomic mass is 32.2. The lowest BCUT2D eigenvalue weighted by atomic mass is 9.98. The van der Waals surface area contributed by atoms with Crippen LogP contribution < -0.4 is 10.1 Å². The maximum atomic E-state index is 12.9. The van der Waals surface area contributed by atoms with Gasteiger partial charge in [0.05, 0.1) is 18.9 Å². The number of aliphatic imine (C=N–C) groups is 1. The van der Waals surface area contributed by atoms with Crippen LogP contribution in [-0.4, -0.2) is 40.1 Å². The van der Waals surface area contributed by atoms with Crippen LogP contribution in [0.4, 0.5) is 5.69 Å². The van der Waals surface area contributed by atoms with Gasteiger partial charge in [0.2, 0.25) is 5.91 Å². The summed E-state index contributed by atoms with van der Waals surface area (Å²) in [5, 5.41) is 9.59. The zero-order valence-corrected chi connectivity index (χ0v) is 22.7. The molecule has 0 aliphatic carbocycles. The molecule has 0 bridgehead atoms. The van der Waals surface area contributed by atoms with E-state index in [0.29, 0.717) is 11.6 Å². The number of amidine groups is 1. The van der Waals surface area contributed by atoms with E-state index in [1.807, 2.05) is 61.3 Å². The molecule has 0 saturated heterocycles. The van der Waals surface area contributed by atoms with Crippen molar-refractivity contribution in [2.24, 2.45) is 10.1 Å². The van der Waals surface area contributed by atoms with Crippen molar-refractivity contribution < 1.29 is 14.3 Å². The van der Waals surface area contributed by atoms with Crippen LogP contribution in [0.15, 0.2) is 76.8 Å². The van der Waals surface area contributed by atoms with E-state index in [1.54, 1.807) is 7.11 Å². The van der Waals surface area contributed by atoms with Crippen LogP contribution in [0.25, 0.3) is 0 Å². The van der Waals surface area contributed by atoms with Crippen LogP contribution in [0.1, 0.15) is 46.7 Å². The highest BCUT2D eigenvalue weighted by Gasteiger charge is 2.39. The molecule has 0 spiro atoms. The van der Waals surface area contributed by atoms with Gasteiger partial charge in [0.15, 0.2) is 5.17 Å². The molecule has 0 fully saturated rings. The predicted molar refractivity (Wildman–Crippen MR) is 153 cm³/mol. The first-order chi connectivity index (χ1) is 18.3. The molecule has 5 rings (SSSR count). The fraction of sp³-hybridized carbons (Fsp3) is 0.267. The average Bonchev–Trinajstić information content (AvgIpc) is 3.50. The first-order valence-corrected chi connectivity index (χ1v) is 13.4. The lowest BCUT2D eigenvalue weighted by molar-refractivity contribution is -0.121. The zero-order valence-electron chi connectivity index (χ0n) is 21.9. The second-order valence-corrected chi connectivity index (χ2v) is 10.8. The van der Waals surface area contributed by atoms with E-state index in [9.17, 15) is 9.59 Å². The summed E-state index contributed by atoms with van der Waals surface area (Å²) in [6, 6.07) is 21.8. The number of benzene rings is 3. The number of thioether (sulfide) groups is 1. The minimum Gasteiger partial charge on any atom is -0.497 e. The third-order valence-corrected chi connectivity index (χ3v) is 8.02. The zero-order chi connectivity index (χ0) is 26.8. The molecule has 2 aliphatic rings. The van der Waals surface area contributed by atoms with Gasteiger partial charge in [-0.15, -0.1) is 0 Å². The van der Waals surface area contributed by atoms with Crippen molar-refractivity contribution in [3.63, 3.8) is 0 Å². The first-order valence-electron chi connectivity index (χ1n) is 12.5. The minimum atomic E-state index is -0.591. The summed E-state index contributed by atoms with van der Waals surface area (Å²) in [6.45, 7) is 6.08. The Morgan fingerprint density at radius 1 is 1.03 bits per heavy atom. The van der Waals surface area contributed by atoms with Crippen molar-refractivity contribution in [1.82, 2.24) is 5.01 Å². The Bertz CT molecular complexity index is 1430. The number of rotatable bonds is 6. The maximum Gasteiger partial charge on any atom is 0.262 e. The van der Waals surface area contributed by atoms with E-state index in [4.69, 9.17) is 9.84 Å². The lowest BCUT2D eigenvalue weighted by Crippen LogP contribution is -2.25. The number of amides is 2. The molecule has 0 radical (unpaired) electrons. The average molecular weight is 527 g/mol. The molecular weight excluding hydrogens is 496 g/mol. The van der Waals surface area contributed by atoms with Crippen LogP contribution in [0.2, 0.25) is 0 Å². The molecule has 2 amide bonds. The van der Waals surface area contributed by atoms with E-state index in [-0.39, 0.29) is 24.3 Å². The van der Waals surface area contributed by atoms with E-state index in [2.05, 4.69) is 41.5 Å². The molecule has 0 aromatic heterocycles. The van der Waals surface area contributed by atoms with Gasteiger partial charge in [-0.3, -0.25) is 9.59 Å². The molecule has 0 saturated carbocycles. The van der Waals surface area contributed by atoms with E-state index in [1.165, 1.54) is 17.3 Å². The van der Waals surface area contributed by atoms with Gasteiger partial charge in [0, 0.05) is 18.5 Å². The van der Waals surface area contributed by atoms with Crippen molar-refractivity contribution in [3.8, 4) is 5.75 Å². The van der Waals surface area contributed by atoms with Crippen molar-refractivity contribution in [2.75, 3.05) is 12.4 Å². The van der Waals surface area contributed by atoms with Crippen LogP contribution in [-0.2, 0) is 9.59 Å². The highest BCUT2D eigenvalue weighted by Crippen LogP contribution is 2.39. The Morgan fingerprint density at radius 2 is 1.76 bits per heavy atom. The molecule has 8 heteroatoms. The summed E-state index contributed by atoms with van der Waals surface area (Å²) < 4.78 is 5.33. The number of ether oxygens (including phenoxy) is 1. The molecule has 2 aliphatic heterocycles. The molecule has 2 atom stereocenters. The SMILES string of the molecule is COc1ccc([C@@H]2CC(c3ccc(C)cc3)=NN2C2=NC(=O)[C@H](CC(=O)Nc3ccc(C)c(C)c3)S2)cc1. The third-order valence-electron chi connectivity index (χ3n) is 6.88. The van der Waals surface area contributed by atoms with Gasteiger partial charge in [0.1, 0.15) is 11.0 Å². The lowest BCUT2D eigenvalue weighted by Gasteiger charge is -2.23. The van der Waals surface area contributed by atoms with Gasteiger partial charge in [0.25, 0.3) is 5.91 Å². The Balaban J connectivity index is 1.34. The van der Waals surface area contributed by atoms with Gasteiger partial charge in [-0.2, -0.15) is 10.1 Å². The second kappa shape index (κ2) is 10.8. The van der Waals surface area contributed by atoms with Gasteiger partial charge >= 0.3 is 0 Å². The van der Waals surface area contributed by atoms with Gasteiger partial charge < -0.3 is 10.1 Å². The topological polar surface area (TPSA) is 83.4 Å². The van der Waals surface area contributed by atoms with Gasteiger partial charge in [-0.1, -0.05) is 59.8 Å². The van der Waals surface area contributed by atoms with Gasteiger partial charge in [-0.05, 0) is 67.3 Å². The molecule has 38 heavy (non-hydrogen) atoms. The molecule has 2 heterocycles. The Kier molecular flexibility index (Phi) is 7.33. The van der Waals surface area contributed by atoms with Crippen LogP contribution >= 0.6 is 11.8 Å². The smallest absolute Gasteiger partial charge is 0.262 e.